The largest absolute Gasteiger partial charge is 0.299 e. The Hall–Kier alpha value is -0.860. The maximum absolute atomic E-state index is 9.97. The second kappa shape index (κ2) is 4.24. The number of carbonyl (C=O) groups is 1. The number of rotatable bonds is 2. The Morgan fingerprint density at radius 2 is 2.17 bits per heavy atom. The Bertz CT molecular complexity index is 323. The molecule has 0 amide bonds. The molecule has 0 aliphatic rings. The molecule has 0 atom stereocenters. The lowest BCUT2D eigenvalue weighted by Gasteiger charge is -1.95. The first-order chi connectivity index (χ1) is 5.74. The lowest BCUT2D eigenvalue weighted by molar-refractivity contribution is -0.104. The molecule has 0 bridgehead atoms. The Kier molecular flexibility index (Phi) is 3.26. The molecule has 4 heteroatoms. The third-order valence-corrected chi connectivity index (χ3v) is 1.68. The molecule has 0 fully saturated rings. The summed E-state index contributed by atoms with van der Waals surface area (Å²) in [4.78, 5) is 13.9. The summed E-state index contributed by atoms with van der Waals surface area (Å²) in [5.74, 6) is 0. The summed E-state index contributed by atoms with van der Waals surface area (Å²) >= 11 is 11.4. The van der Waals surface area contributed by atoms with Crippen LogP contribution >= 0.6 is 23.2 Å². The summed E-state index contributed by atoms with van der Waals surface area (Å²) in [5.41, 5.74) is 0.535. The Labute approximate surface area is 79.8 Å². The van der Waals surface area contributed by atoms with Crippen molar-refractivity contribution in [2.24, 2.45) is 0 Å². The second-order valence-electron chi connectivity index (χ2n) is 2.02. The van der Waals surface area contributed by atoms with E-state index in [2.05, 4.69) is 4.98 Å². The van der Waals surface area contributed by atoms with Crippen LogP contribution in [0.25, 0.3) is 6.08 Å². The molecule has 0 saturated heterocycles. The van der Waals surface area contributed by atoms with Gasteiger partial charge in [0.2, 0.25) is 0 Å². The number of nitrogens with zero attached hydrogens (tertiary/aromatic N) is 1. The molecule has 0 spiro atoms. The van der Waals surface area contributed by atoms with E-state index in [1.54, 1.807) is 6.07 Å². The minimum atomic E-state index is 0.431. The topological polar surface area (TPSA) is 30.0 Å². The minimum Gasteiger partial charge on any atom is -0.299 e. The lowest BCUT2D eigenvalue weighted by Crippen LogP contribution is -1.81. The van der Waals surface area contributed by atoms with Crippen LogP contribution in [0.3, 0.4) is 0 Å². The molecule has 1 rings (SSSR count). The van der Waals surface area contributed by atoms with Gasteiger partial charge in [-0.25, -0.2) is 0 Å². The van der Waals surface area contributed by atoms with E-state index < -0.39 is 0 Å². The normalized spacial score (nSPS) is 10.5. The number of aldehydes is 1. The van der Waals surface area contributed by atoms with Crippen molar-refractivity contribution in [3.63, 3.8) is 0 Å². The summed E-state index contributed by atoms with van der Waals surface area (Å²) in [7, 11) is 0. The maximum atomic E-state index is 9.97. The molecule has 1 aromatic heterocycles. The van der Waals surface area contributed by atoms with Crippen LogP contribution in [0.1, 0.15) is 5.69 Å². The van der Waals surface area contributed by atoms with Crippen molar-refractivity contribution in [1.29, 1.82) is 0 Å². The first-order valence-electron chi connectivity index (χ1n) is 3.17. The first kappa shape index (κ1) is 9.23. The van der Waals surface area contributed by atoms with Crippen LogP contribution in [0.4, 0.5) is 0 Å². The smallest absolute Gasteiger partial charge is 0.142 e. The summed E-state index contributed by atoms with van der Waals surface area (Å²) in [5, 5.41) is 0.906. The number of carbonyl (C=O) groups excluding carboxylic acids is 1. The average Bonchev–Trinajstić information content (AvgIpc) is 2.03. The Morgan fingerprint density at radius 1 is 1.42 bits per heavy atom. The number of hydrogen-bond donors (Lipinski definition) is 0. The summed E-state index contributed by atoms with van der Waals surface area (Å²) in [6, 6.07) is 1.57. The van der Waals surface area contributed by atoms with Crippen molar-refractivity contribution < 1.29 is 4.79 Å². The Morgan fingerprint density at radius 3 is 2.75 bits per heavy atom. The number of halogens is 2. The van der Waals surface area contributed by atoms with Gasteiger partial charge in [-0.05, 0) is 18.2 Å². The van der Waals surface area contributed by atoms with Crippen LogP contribution in [-0.2, 0) is 4.79 Å². The van der Waals surface area contributed by atoms with Crippen LogP contribution in [-0.4, -0.2) is 11.3 Å². The van der Waals surface area contributed by atoms with E-state index >= 15 is 0 Å². The fourth-order valence-electron chi connectivity index (χ4n) is 0.678. The zero-order valence-electron chi connectivity index (χ0n) is 6.00. The van der Waals surface area contributed by atoms with Gasteiger partial charge < -0.3 is 0 Å². The molecule has 0 aliphatic heterocycles. The van der Waals surface area contributed by atoms with Gasteiger partial charge >= 0.3 is 0 Å². The molecule has 0 radical (unpaired) electrons. The predicted molar refractivity (Wildman–Crippen MR) is 49.4 cm³/mol. The number of aromatic nitrogens is 1. The molecule has 0 saturated carbocycles. The molecule has 0 aromatic carbocycles. The molecular weight excluding hydrogens is 197 g/mol. The van der Waals surface area contributed by atoms with E-state index in [0.717, 1.165) is 0 Å². The van der Waals surface area contributed by atoms with E-state index in [4.69, 9.17) is 23.2 Å². The van der Waals surface area contributed by atoms with E-state index in [1.807, 2.05) is 0 Å². The second-order valence-corrected chi connectivity index (χ2v) is 2.86. The van der Waals surface area contributed by atoms with Crippen molar-refractivity contribution in [2.45, 2.75) is 0 Å². The highest BCUT2D eigenvalue weighted by molar-refractivity contribution is 6.35. The van der Waals surface area contributed by atoms with Gasteiger partial charge in [0, 0.05) is 6.20 Å². The van der Waals surface area contributed by atoms with Crippen molar-refractivity contribution in [3.8, 4) is 0 Å². The van der Waals surface area contributed by atoms with Crippen LogP contribution in [0.5, 0.6) is 0 Å². The van der Waals surface area contributed by atoms with Gasteiger partial charge in [-0.2, -0.15) is 0 Å². The third-order valence-electron chi connectivity index (χ3n) is 1.17. The molecule has 1 heterocycles. The molecule has 1 aromatic rings. The van der Waals surface area contributed by atoms with E-state index in [1.165, 1.54) is 18.3 Å². The monoisotopic (exact) mass is 201 g/mol. The van der Waals surface area contributed by atoms with E-state index in [0.29, 0.717) is 22.0 Å². The minimum absolute atomic E-state index is 0.431. The molecular formula is C8H5Cl2NO. The lowest BCUT2D eigenvalue weighted by atomic mass is 10.3. The van der Waals surface area contributed by atoms with Gasteiger partial charge in [0.15, 0.2) is 0 Å². The van der Waals surface area contributed by atoms with Crippen molar-refractivity contribution in [2.75, 3.05) is 0 Å². The van der Waals surface area contributed by atoms with Gasteiger partial charge in [-0.15, -0.1) is 0 Å². The molecule has 62 valence electrons. The highest BCUT2D eigenvalue weighted by Crippen LogP contribution is 2.18. The SMILES string of the molecule is O=CC=Cc1ncc(Cl)cc1Cl. The van der Waals surface area contributed by atoms with Gasteiger partial charge in [0.25, 0.3) is 0 Å². The molecule has 12 heavy (non-hydrogen) atoms. The number of pyridine rings is 1. The highest BCUT2D eigenvalue weighted by atomic mass is 35.5. The summed E-state index contributed by atoms with van der Waals surface area (Å²) < 4.78 is 0. The van der Waals surface area contributed by atoms with Crippen LogP contribution < -0.4 is 0 Å². The van der Waals surface area contributed by atoms with Crippen LogP contribution in [0.2, 0.25) is 10.0 Å². The summed E-state index contributed by atoms with van der Waals surface area (Å²) in [6.45, 7) is 0. The summed E-state index contributed by atoms with van der Waals surface area (Å²) in [6.07, 6.45) is 4.97. The van der Waals surface area contributed by atoms with Gasteiger partial charge in [0.05, 0.1) is 15.7 Å². The molecule has 0 aliphatic carbocycles. The zero-order valence-corrected chi connectivity index (χ0v) is 7.51. The molecule has 2 nitrogen and oxygen atoms in total. The standard InChI is InChI=1S/C8H5Cl2NO/c9-6-4-7(10)8(11-5-6)2-1-3-12/h1-5H. The van der Waals surface area contributed by atoms with Crippen molar-refractivity contribution in [3.05, 3.63) is 34.1 Å². The average molecular weight is 202 g/mol. The maximum Gasteiger partial charge on any atom is 0.142 e. The van der Waals surface area contributed by atoms with E-state index in [9.17, 15) is 4.79 Å². The quantitative estimate of drug-likeness (QED) is 0.544. The number of hydrogen-bond acceptors (Lipinski definition) is 2. The van der Waals surface area contributed by atoms with Gasteiger partial charge in [0.1, 0.15) is 6.29 Å². The fourth-order valence-corrected chi connectivity index (χ4v) is 1.12. The van der Waals surface area contributed by atoms with Crippen LogP contribution in [0, 0.1) is 0 Å². The third kappa shape index (κ3) is 2.32. The highest BCUT2D eigenvalue weighted by Gasteiger charge is 1.97. The zero-order chi connectivity index (χ0) is 8.97. The molecule has 0 unspecified atom stereocenters. The van der Waals surface area contributed by atoms with Gasteiger partial charge in [-0.3, -0.25) is 9.78 Å². The van der Waals surface area contributed by atoms with Crippen LogP contribution in [0.15, 0.2) is 18.3 Å². The van der Waals surface area contributed by atoms with Crippen molar-refractivity contribution >= 4 is 35.6 Å². The van der Waals surface area contributed by atoms with Gasteiger partial charge in [-0.1, -0.05) is 23.2 Å². The Balaban J connectivity index is 3.01. The van der Waals surface area contributed by atoms with Crippen molar-refractivity contribution in [1.82, 2.24) is 4.98 Å². The first-order valence-corrected chi connectivity index (χ1v) is 3.92. The number of allylic oxidation sites excluding steroid dienone is 1. The predicted octanol–water partition coefficient (Wildman–Crippen LogP) is 2.60. The van der Waals surface area contributed by atoms with E-state index in [-0.39, 0.29) is 0 Å². The fraction of sp³-hybridized carbons (Fsp3) is 0. The molecule has 0 N–H and O–H groups in total.